The van der Waals surface area contributed by atoms with Crippen molar-refractivity contribution in [3.05, 3.63) is 29.8 Å². The van der Waals surface area contributed by atoms with E-state index in [4.69, 9.17) is 5.73 Å². The van der Waals surface area contributed by atoms with Crippen molar-refractivity contribution in [2.75, 3.05) is 11.5 Å². The van der Waals surface area contributed by atoms with Gasteiger partial charge in [0.25, 0.3) is 0 Å². The Morgan fingerprint density at radius 2 is 1.78 bits per heavy atom. The molecule has 0 radical (unpaired) electrons. The first-order valence-corrected chi connectivity index (χ1v) is 8.79. The third kappa shape index (κ3) is 4.19. The minimum atomic E-state index is -3.35. The van der Waals surface area contributed by atoms with Crippen LogP contribution in [0.3, 0.4) is 0 Å². The van der Waals surface area contributed by atoms with Crippen molar-refractivity contribution in [3.63, 3.8) is 0 Å². The number of hydrogen-bond donors (Lipinski definition) is 1. The number of hydrogen-bond acceptors (Lipinski definition) is 4. The average molecular weight is 289 g/mol. The van der Waals surface area contributed by atoms with E-state index in [9.17, 15) is 12.6 Å². The van der Waals surface area contributed by atoms with Gasteiger partial charge in [0.05, 0.1) is 10.6 Å². The summed E-state index contributed by atoms with van der Waals surface area (Å²) < 4.78 is 35.5. The molecular weight excluding hydrogens is 270 g/mol. The van der Waals surface area contributed by atoms with Crippen LogP contribution < -0.4 is 5.73 Å². The summed E-state index contributed by atoms with van der Waals surface area (Å²) in [5.74, 6) is 0.0956. The summed E-state index contributed by atoms with van der Waals surface area (Å²) in [6, 6.07) is 6.50. The molecule has 1 atom stereocenters. The molecule has 0 aromatic heterocycles. The van der Waals surface area contributed by atoms with E-state index >= 15 is 0 Å². The smallest absolute Gasteiger partial charge is 0.179 e. The van der Waals surface area contributed by atoms with Gasteiger partial charge in [-0.3, -0.25) is 4.21 Å². The Labute approximate surface area is 111 Å². The second-order valence-electron chi connectivity index (χ2n) is 4.30. The van der Waals surface area contributed by atoms with Crippen LogP contribution in [0.1, 0.15) is 19.4 Å². The largest absolute Gasteiger partial charge is 0.326 e. The molecule has 6 heteroatoms. The zero-order valence-electron chi connectivity index (χ0n) is 10.6. The second-order valence-corrected chi connectivity index (χ2v) is 8.52. The fourth-order valence-electron chi connectivity index (χ4n) is 1.38. The highest BCUT2D eigenvalue weighted by Crippen LogP contribution is 2.13. The van der Waals surface area contributed by atoms with Crippen LogP contribution in [0, 0.1) is 0 Å². The van der Waals surface area contributed by atoms with E-state index in [1.54, 1.807) is 24.3 Å². The molecular formula is C12H19NO3S2. The van der Waals surface area contributed by atoms with Gasteiger partial charge in [-0.15, -0.1) is 0 Å². The maximum Gasteiger partial charge on any atom is 0.179 e. The predicted octanol–water partition coefficient (Wildman–Crippen LogP) is 1.08. The summed E-state index contributed by atoms with van der Waals surface area (Å²) in [5, 5.41) is -0.0141. The molecule has 102 valence electrons. The molecule has 0 fully saturated rings. The Morgan fingerprint density at radius 3 is 2.22 bits per heavy atom. The number of sulfone groups is 1. The molecule has 0 aliphatic rings. The fraction of sp³-hybridized carbons (Fsp3) is 0.500. The lowest BCUT2D eigenvalue weighted by Crippen LogP contribution is -2.18. The first-order valence-electron chi connectivity index (χ1n) is 5.76. The van der Waals surface area contributed by atoms with Crippen LogP contribution in [-0.2, 0) is 27.2 Å². The van der Waals surface area contributed by atoms with Gasteiger partial charge in [0.1, 0.15) is 0 Å². The van der Waals surface area contributed by atoms with Gasteiger partial charge in [-0.2, -0.15) is 0 Å². The topological polar surface area (TPSA) is 77.2 Å². The van der Waals surface area contributed by atoms with Crippen LogP contribution in [0.4, 0.5) is 0 Å². The molecule has 0 spiro atoms. The maximum atomic E-state index is 12.0. The van der Waals surface area contributed by atoms with Crippen molar-refractivity contribution < 1.29 is 12.6 Å². The summed E-state index contributed by atoms with van der Waals surface area (Å²) in [7, 11) is -4.44. The lowest BCUT2D eigenvalue weighted by molar-refractivity contribution is 0.597. The Hall–Kier alpha value is -0.720. The molecule has 4 nitrogen and oxygen atoms in total. The standard InChI is InChI=1S/C12H19NO3S2/c1-10(2)17(14)7-8-18(15,16)12-5-3-11(9-13)4-6-12/h3-6,10H,7-9,13H2,1-2H3. The van der Waals surface area contributed by atoms with Crippen LogP contribution in [0.5, 0.6) is 0 Å². The van der Waals surface area contributed by atoms with Crippen molar-refractivity contribution in [2.24, 2.45) is 5.73 Å². The van der Waals surface area contributed by atoms with E-state index in [0.717, 1.165) is 5.56 Å². The van der Waals surface area contributed by atoms with Crippen LogP contribution in [0.25, 0.3) is 0 Å². The monoisotopic (exact) mass is 289 g/mol. The normalized spacial score (nSPS) is 13.8. The average Bonchev–Trinajstić information content (AvgIpc) is 2.36. The van der Waals surface area contributed by atoms with Gasteiger partial charge in [-0.1, -0.05) is 26.0 Å². The number of benzene rings is 1. The zero-order chi connectivity index (χ0) is 13.8. The van der Waals surface area contributed by atoms with E-state index in [0.29, 0.717) is 6.54 Å². The second kappa shape index (κ2) is 6.45. The highest BCUT2D eigenvalue weighted by Gasteiger charge is 2.16. The summed E-state index contributed by atoms with van der Waals surface area (Å²) in [6.07, 6.45) is 0. The van der Waals surface area contributed by atoms with Crippen LogP contribution in [0.2, 0.25) is 0 Å². The zero-order valence-corrected chi connectivity index (χ0v) is 12.3. The van der Waals surface area contributed by atoms with Crippen LogP contribution >= 0.6 is 0 Å². The minimum absolute atomic E-state index is 0.0141. The van der Waals surface area contributed by atoms with Crippen LogP contribution in [-0.4, -0.2) is 29.4 Å². The van der Waals surface area contributed by atoms with Gasteiger partial charge in [0.2, 0.25) is 0 Å². The van der Waals surface area contributed by atoms with Crippen molar-refractivity contribution in [2.45, 2.75) is 30.5 Å². The number of nitrogens with two attached hydrogens (primary N) is 1. The molecule has 1 aromatic rings. The van der Waals surface area contributed by atoms with E-state index in [1.807, 2.05) is 13.8 Å². The molecule has 0 saturated heterocycles. The van der Waals surface area contributed by atoms with Crippen molar-refractivity contribution in [1.82, 2.24) is 0 Å². The van der Waals surface area contributed by atoms with E-state index in [-0.39, 0.29) is 21.7 Å². The molecule has 0 bridgehead atoms. The van der Waals surface area contributed by atoms with E-state index < -0.39 is 20.6 Å². The quantitative estimate of drug-likeness (QED) is 0.850. The van der Waals surface area contributed by atoms with Gasteiger partial charge in [-0.05, 0) is 17.7 Å². The molecule has 0 saturated carbocycles. The SMILES string of the molecule is CC(C)S(=O)CCS(=O)(=O)c1ccc(CN)cc1. The summed E-state index contributed by atoms with van der Waals surface area (Å²) in [6.45, 7) is 4.02. The lowest BCUT2D eigenvalue weighted by Gasteiger charge is -2.07. The molecule has 0 aliphatic heterocycles. The highest BCUT2D eigenvalue weighted by molar-refractivity contribution is 7.93. The van der Waals surface area contributed by atoms with Crippen molar-refractivity contribution in [1.29, 1.82) is 0 Å². The Kier molecular flexibility index (Phi) is 5.49. The molecule has 1 unspecified atom stereocenters. The molecule has 0 amide bonds. The molecule has 18 heavy (non-hydrogen) atoms. The summed E-state index contributed by atoms with van der Waals surface area (Å²) >= 11 is 0. The summed E-state index contributed by atoms with van der Waals surface area (Å²) in [5.41, 5.74) is 6.34. The predicted molar refractivity (Wildman–Crippen MR) is 74.5 cm³/mol. The Morgan fingerprint density at radius 1 is 1.22 bits per heavy atom. The third-order valence-corrected chi connectivity index (χ3v) is 6.25. The van der Waals surface area contributed by atoms with Gasteiger partial charge < -0.3 is 5.73 Å². The van der Waals surface area contributed by atoms with E-state index in [1.165, 1.54) is 0 Å². The highest BCUT2D eigenvalue weighted by atomic mass is 32.2. The number of rotatable bonds is 6. The van der Waals surface area contributed by atoms with E-state index in [2.05, 4.69) is 0 Å². The summed E-state index contributed by atoms with van der Waals surface area (Å²) in [4.78, 5) is 0.264. The molecule has 0 heterocycles. The van der Waals surface area contributed by atoms with Crippen molar-refractivity contribution >= 4 is 20.6 Å². The molecule has 0 aliphatic carbocycles. The van der Waals surface area contributed by atoms with Gasteiger partial charge in [-0.25, -0.2) is 8.42 Å². The fourth-order valence-corrected chi connectivity index (χ4v) is 4.17. The first-order chi connectivity index (χ1) is 8.36. The Bertz CT molecular complexity index is 507. The van der Waals surface area contributed by atoms with Gasteiger partial charge >= 0.3 is 0 Å². The first kappa shape index (κ1) is 15.3. The lowest BCUT2D eigenvalue weighted by atomic mass is 10.2. The van der Waals surface area contributed by atoms with Gasteiger partial charge in [0.15, 0.2) is 9.84 Å². The molecule has 2 N–H and O–H groups in total. The molecule has 1 aromatic carbocycles. The molecule has 1 rings (SSSR count). The van der Waals surface area contributed by atoms with Crippen LogP contribution in [0.15, 0.2) is 29.2 Å². The third-order valence-electron chi connectivity index (χ3n) is 2.60. The van der Waals surface area contributed by atoms with Gasteiger partial charge in [0, 0.05) is 28.3 Å². The Balaban J connectivity index is 2.77. The van der Waals surface area contributed by atoms with Crippen molar-refractivity contribution in [3.8, 4) is 0 Å². The minimum Gasteiger partial charge on any atom is -0.326 e. The maximum absolute atomic E-state index is 12.0.